The van der Waals surface area contributed by atoms with Crippen molar-refractivity contribution < 1.29 is 4.92 Å². The van der Waals surface area contributed by atoms with Crippen LogP contribution in [0.25, 0.3) is 5.69 Å². The highest BCUT2D eigenvalue weighted by molar-refractivity contribution is 6.32. The highest BCUT2D eigenvalue weighted by Crippen LogP contribution is 2.26. The Morgan fingerprint density at radius 3 is 2.89 bits per heavy atom. The molecule has 0 aliphatic heterocycles. The van der Waals surface area contributed by atoms with Gasteiger partial charge in [-0.15, -0.1) is 16.7 Å². The largest absolute Gasteiger partial charge is 0.290 e. The van der Waals surface area contributed by atoms with Crippen LogP contribution in [0.3, 0.4) is 0 Å². The number of rotatable bonds is 5. The zero-order chi connectivity index (χ0) is 13.8. The first-order chi connectivity index (χ1) is 9.11. The first-order valence-corrected chi connectivity index (χ1v) is 6.44. The zero-order valence-electron chi connectivity index (χ0n) is 9.79. The first-order valence-electron chi connectivity index (χ1n) is 5.53. The van der Waals surface area contributed by atoms with E-state index in [1.54, 1.807) is 12.3 Å². The van der Waals surface area contributed by atoms with Gasteiger partial charge in [0.05, 0.1) is 22.5 Å². The predicted molar refractivity (Wildman–Crippen MR) is 72.1 cm³/mol. The van der Waals surface area contributed by atoms with E-state index in [9.17, 15) is 10.1 Å². The highest BCUT2D eigenvalue weighted by atomic mass is 35.5. The van der Waals surface area contributed by atoms with E-state index in [0.717, 1.165) is 18.5 Å². The molecule has 0 saturated heterocycles. The van der Waals surface area contributed by atoms with Crippen molar-refractivity contribution >= 4 is 28.9 Å². The SMILES string of the molecule is O=[N+]([O-])c1cc(-n2cc(CCCCl)nn2)ccc1Cl. The maximum atomic E-state index is 10.8. The molecule has 0 spiro atoms. The van der Waals surface area contributed by atoms with Gasteiger partial charge >= 0.3 is 0 Å². The van der Waals surface area contributed by atoms with Crippen molar-refractivity contribution in [3.63, 3.8) is 0 Å². The number of nitro groups is 1. The van der Waals surface area contributed by atoms with Gasteiger partial charge in [-0.2, -0.15) is 0 Å². The Morgan fingerprint density at radius 2 is 2.21 bits per heavy atom. The summed E-state index contributed by atoms with van der Waals surface area (Å²) < 4.78 is 1.48. The minimum atomic E-state index is -0.531. The fourth-order valence-corrected chi connectivity index (χ4v) is 1.89. The Hall–Kier alpha value is -1.66. The molecule has 0 bridgehead atoms. The van der Waals surface area contributed by atoms with E-state index in [1.165, 1.54) is 16.8 Å². The van der Waals surface area contributed by atoms with E-state index in [-0.39, 0.29) is 10.7 Å². The molecule has 0 fully saturated rings. The van der Waals surface area contributed by atoms with Gasteiger partial charge < -0.3 is 0 Å². The van der Waals surface area contributed by atoms with Gasteiger partial charge in [-0.05, 0) is 25.0 Å². The molecule has 0 atom stereocenters. The molecule has 1 aromatic carbocycles. The van der Waals surface area contributed by atoms with Crippen LogP contribution in [0.15, 0.2) is 24.4 Å². The van der Waals surface area contributed by atoms with Crippen molar-refractivity contribution in [2.24, 2.45) is 0 Å². The summed E-state index contributed by atoms with van der Waals surface area (Å²) in [7, 11) is 0. The molecule has 100 valence electrons. The quantitative estimate of drug-likeness (QED) is 0.483. The fraction of sp³-hybridized carbons (Fsp3) is 0.273. The van der Waals surface area contributed by atoms with E-state index >= 15 is 0 Å². The molecule has 19 heavy (non-hydrogen) atoms. The molecule has 0 aliphatic carbocycles. The van der Waals surface area contributed by atoms with Gasteiger partial charge in [0, 0.05) is 11.9 Å². The van der Waals surface area contributed by atoms with E-state index < -0.39 is 4.92 Å². The van der Waals surface area contributed by atoms with Crippen LogP contribution in [0.2, 0.25) is 5.02 Å². The van der Waals surface area contributed by atoms with Gasteiger partial charge in [0.1, 0.15) is 5.02 Å². The third-order valence-electron chi connectivity index (χ3n) is 2.50. The van der Waals surface area contributed by atoms with Crippen LogP contribution < -0.4 is 0 Å². The third-order valence-corrected chi connectivity index (χ3v) is 3.09. The normalized spacial score (nSPS) is 10.6. The van der Waals surface area contributed by atoms with Crippen molar-refractivity contribution in [1.82, 2.24) is 15.0 Å². The second kappa shape index (κ2) is 5.99. The molecule has 0 radical (unpaired) electrons. The lowest BCUT2D eigenvalue weighted by Gasteiger charge is -2.01. The lowest BCUT2D eigenvalue weighted by Crippen LogP contribution is -1.97. The van der Waals surface area contributed by atoms with Gasteiger partial charge in [0.25, 0.3) is 5.69 Å². The Bertz CT molecular complexity index is 600. The highest BCUT2D eigenvalue weighted by Gasteiger charge is 2.14. The van der Waals surface area contributed by atoms with Crippen LogP contribution >= 0.6 is 23.2 Å². The standard InChI is InChI=1S/C11H10Cl2N4O2/c12-5-1-2-8-7-16(15-14-8)9-3-4-10(13)11(6-9)17(18)19/h3-4,6-7H,1-2,5H2. The zero-order valence-corrected chi connectivity index (χ0v) is 11.3. The summed E-state index contributed by atoms with van der Waals surface area (Å²) in [5.41, 5.74) is 1.18. The second-order valence-corrected chi connectivity index (χ2v) is 4.62. The molecule has 0 amide bonds. The van der Waals surface area contributed by atoms with Crippen molar-refractivity contribution in [2.75, 3.05) is 5.88 Å². The molecule has 6 nitrogen and oxygen atoms in total. The lowest BCUT2D eigenvalue weighted by atomic mass is 10.2. The molecule has 1 heterocycles. The number of alkyl halides is 1. The molecule has 0 N–H and O–H groups in total. The van der Waals surface area contributed by atoms with Gasteiger partial charge in [0.2, 0.25) is 0 Å². The third kappa shape index (κ3) is 3.21. The maximum Gasteiger partial charge on any atom is 0.290 e. The monoisotopic (exact) mass is 300 g/mol. The average molecular weight is 301 g/mol. The topological polar surface area (TPSA) is 73.8 Å². The van der Waals surface area contributed by atoms with Gasteiger partial charge in [-0.25, -0.2) is 4.68 Å². The summed E-state index contributed by atoms with van der Waals surface area (Å²) in [6, 6.07) is 4.48. The van der Waals surface area contributed by atoms with Crippen molar-refractivity contribution in [3.8, 4) is 5.69 Å². The molecule has 0 saturated carbocycles. The van der Waals surface area contributed by atoms with Crippen molar-refractivity contribution in [3.05, 3.63) is 45.2 Å². The van der Waals surface area contributed by atoms with Crippen LogP contribution in [-0.2, 0) is 6.42 Å². The van der Waals surface area contributed by atoms with Crippen LogP contribution in [0.1, 0.15) is 12.1 Å². The minimum absolute atomic E-state index is 0.0937. The van der Waals surface area contributed by atoms with Crippen LogP contribution in [0.5, 0.6) is 0 Å². The second-order valence-electron chi connectivity index (χ2n) is 3.84. The summed E-state index contributed by atoms with van der Waals surface area (Å²) in [5.74, 6) is 0.555. The summed E-state index contributed by atoms with van der Waals surface area (Å²) in [4.78, 5) is 10.3. The number of hydrogen-bond donors (Lipinski definition) is 0. The molecular weight excluding hydrogens is 291 g/mol. The Labute approximate surface area is 119 Å². The van der Waals surface area contributed by atoms with Crippen LogP contribution in [0.4, 0.5) is 5.69 Å². The van der Waals surface area contributed by atoms with Gasteiger partial charge in [-0.1, -0.05) is 16.8 Å². The number of benzene rings is 1. The summed E-state index contributed by atoms with van der Waals surface area (Å²) in [6.07, 6.45) is 3.25. The summed E-state index contributed by atoms with van der Waals surface area (Å²) in [5, 5.41) is 18.8. The van der Waals surface area contributed by atoms with E-state index in [4.69, 9.17) is 23.2 Å². The number of aromatic nitrogens is 3. The average Bonchev–Trinajstić information content (AvgIpc) is 2.85. The molecule has 0 aliphatic rings. The number of nitrogens with zero attached hydrogens (tertiary/aromatic N) is 4. The molecule has 2 aromatic rings. The molecule has 2 rings (SSSR count). The van der Waals surface area contributed by atoms with Crippen molar-refractivity contribution in [1.29, 1.82) is 0 Å². The smallest absolute Gasteiger partial charge is 0.258 e. The Kier molecular flexibility index (Phi) is 4.34. The fourth-order valence-electron chi connectivity index (χ4n) is 1.57. The predicted octanol–water partition coefficient (Wildman–Crippen LogP) is 3.00. The van der Waals surface area contributed by atoms with Crippen LogP contribution in [-0.4, -0.2) is 25.8 Å². The minimum Gasteiger partial charge on any atom is -0.258 e. The van der Waals surface area contributed by atoms with Crippen molar-refractivity contribution in [2.45, 2.75) is 12.8 Å². The number of nitro benzene ring substituents is 1. The number of halogens is 2. The van der Waals surface area contributed by atoms with E-state index in [1.807, 2.05) is 0 Å². The summed E-state index contributed by atoms with van der Waals surface area (Å²) in [6.45, 7) is 0. The first kappa shape index (κ1) is 13.8. The van der Waals surface area contributed by atoms with Gasteiger partial charge in [-0.3, -0.25) is 10.1 Å². The lowest BCUT2D eigenvalue weighted by molar-refractivity contribution is -0.384. The summed E-state index contributed by atoms with van der Waals surface area (Å²) >= 11 is 11.4. The van der Waals surface area contributed by atoms with E-state index in [0.29, 0.717) is 11.6 Å². The molecule has 1 aromatic heterocycles. The molecule has 8 heteroatoms. The number of aryl methyl sites for hydroxylation is 1. The molecular formula is C11H10Cl2N4O2. The van der Waals surface area contributed by atoms with Crippen LogP contribution in [0, 0.1) is 10.1 Å². The van der Waals surface area contributed by atoms with Gasteiger partial charge in [0.15, 0.2) is 0 Å². The Morgan fingerprint density at radius 1 is 1.42 bits per heavy atom. The maximum absolute atomic E-state index is 10.8. The molecule has 0 unspecified atom stereocenters. The van der Waals surface area contributed by atoms with E-state index in [2.05, 4.69) is 10.3 Å². The Balaban J connectivity index is 2.29. The number of hydrogen-bond acceptors (Lipinski definition) is 4.